The Labute approximate surface area is 291 Å². The molecular weight excluding hydrogens is 659 g/mol. The molecule has 2 aliphatic heterocycles. The fourth-order valence-corrected chi connectivity index (χ4v) is 6.93. The summed E-state index contributed by atoms with van der Waals surface area (Å²) in [6, 6.07) is 37.6. The maximum atomic E-state index is 14.4. The van der Waals surface area contributed by atoms with E-state index in [-0.39, 0.29) is 11.5 Å². The van der Waals surface area contributed by atoms with Crippen LogP contribution >= 0.6 is 23.2 Å². The molecule has 1 aromatic heterocycles. The number of nitrogens with one attached hydrogen (secondary N) is 2. The quantitative estimate of drug-likeness (QED) is 0.165. The standard InChI is InChI=1S/C38H26Cl2N6O3/c39-25-12-15-28(16-13-25)46-38(31-17-14-26(40)21-33(31)42-37(38)49)34(24-8-4-11-30(47)20-24)35(44-46)36(48)41-27-9-5-10-29(22-27)45-19-18-32(43-45)23-6-2-1-3-7-23/h1-22,34,47H,(H,41,48)(H,42,49)/t34-,38-/m0/s1. The van der Waals surface area contributed by atoms with E-state index in [4.69, 9.17) is 33.4 Å². The SMILES string of the molecule is O=C(Nc1cccc(-n2ccc(-c3ccccc3)n2)c1)C1=NN(c2ccc(Cl)cc2)[C@]2(C(=O)Nc3cc(Cl)ccc32)[C@H]1c1cccc(O)c1. The van der Waals surface area contributed by atoms with Crippen molar-refractivity contribution in [1.29, 1.82) is 0 Å². The lowest BCUT2D eigenvalue weighted by atomic mass is 9.72. The summed E-state index contributed by atoms with van der Waals surface area (Å²) in [5.74, 6) is -1.91. The van der Waals surface area contributed by atoms with Gasteiger partial charge >= 0.3 is 0 Å². The molecule has 240 valence electrons. The number of hydrogen-bond donors (Lipinski definition) is 3. The number of phenols is 1. The van der Waals surface area contributed by atoms with Crippen LogP contribution in [0, 0.1) is 0 Å². The first kappa shape index (κ1) is 30.4. The van der Waals surface area contributed by atoms with Gasteiger partial charge in [0.2, 0.25) is 0 Å². The number of fused-ring (bicyclic) bond motifs is 2. The fraction of sp³-hybridized carbons (Fsp3) is 0.0526. The average Bonchev–Trinajstić information content (AvgIpc) is 3.81. The Balaban J connectivity index is 1.23. The Morgan fingerprint density at radius 3 is 2.39 bits per heavy atom. The van der Waals surface area contributed by atoms with Crippen molar-refractivity contribution in [3.05, 3.63) is 155 Å². The summed E-state index contributed by atoms with van der Waals surface area (Å²) < 4.78 is 1.74. The van der Waals surface area contributed by atoms with E-state index in [0.717, 1.165) is 16.9 Å². The van der Waals surface area contributed by atoms with E-state index in [0.29, 0.717) is 38.2 Å². The highest BCUT2D eigenvalue weighted by molar-refractivity contribution is 6.47. The number of aromatic hydroxyl groups is 1. The van der Waals surface area contributed by atoms with Gasteiger partial charge in [-0.25, -0.2) is 9.69 Å². The van der Waals surface area contributed by atoms with Crippen molar-refractivity contribution in [3.8, 4) is 22.7 Å². The molecule has 1 spiro atoms. The van der Waals surface area contributed by atoms with Gasteiger partial charge in [0, 0.05) is 38.7 Å². The second kappa shape index (κ2) is 12.0. The van der Waals surface area contributed by atoms with Gasteiger partial charge in [0.15, 0.2) is 5.54 Å². The number of carbonyl (C=O) groups is 2. The highest BCUT2D eigenvalue weighted by Crippen LogP contribution is 2.55. The van der Waals surface area contributed by atoms with Crippen LogP contribution in [0.2, 0.25) is 10.0 Å². The third-order valence-corrected chi connectivity index (χ3v) is 9.24. The Hall–Kier alpha value is -5.90. The van der Waals surface area contributed by atoms with E-state index < -0.39 is 23.3 Å². The predicted molar refractivity (Wildman–Crippen MR) is 192 cm³/mol. The topological polar surface area (TPSA) is 112 Å². The monoisotopic (exact) mass is 684 g/mol. The smallest absolute Gasteiger partial charge is 0.272 e. The number of benzene rings is 5. The Morgan fingerprint density at radius 1 is 0.816 bits per heavy atom. The van der Waals surface area contributed by atoms with Crippen LogP contribution in [-0.4, -0.2) is 32.4 Å². The zero-order chi connectivity index (χ0) is 33.7. The number of phenolic OH excluding ortho intramolecular Hbond substituents is 1. The number of hydrogen-bond acceptors (Lipinski definition) is 6. The lowest BCUT2D eigenvalue weighted by Gasteiger charge is -2.37. The van der Waals surface area contributed by atoms with Crippen molar-refractivity contribution >= 4 is 57.8 Å². The van der Waals surface area contributed by atoms with Crippen LogP contribution in [0.4, 0.5) is 17.1 Å². The number of amides is 2. The zero-order valence-corrected chi connectivity index (χ0v) is 27.1. The summed E-state index contributed by atoms with van der Waals surface area (Å²) >= 11 is 12.6. The van der Waals surface area contributed by atoms with Gasteiger partial charge in [-0.1, -0.05) is 77.8 Å². The van der Waals surface area contributed by atoms with Crippen molar-refractivity contribution in [2.75, 3.05) is 15.6 Å². The maximum Gasteiger partial charge on any atom is 0.272 e. The Morgan fingerprint density at radius 2 is 1.59 bits per heavy atom. The molecule has 2 amide bonds. The molecule has 49 heavy (non-hydrogen) atoms. The molecule has 0 bridgehead atoms. The number of hydrazone groups is 1. The largest absolute Gasteiger partial charge is 0.508 e. The molecule has 8 rings (SSSR count). The van der Waals surface area contributed by atoms with E-state index in [2.05, 4.69) is 10.6 Å². The number of nitrogens with zero attached hydrogens (tertiary/aromatic N) is 4. The first-order valence-electron chi connectivity index (χ1n) is 15.4. The normalized spacial score (nSPS) is 17.9. The molecule has 0 saturated carbocycles. The molecule has 3 heterocycles. The van der Waals surface area contributed by atoms with E-state index in [9.17, 15) is 14.7 Å². The van der Waals surface area contributed by atoms with Crippen LogP contribution in [0.5, 0.6) is 5.75 Å². The molecule has 0 unspecified atom stereocenters. The Kier molecular flexibility index (Phi) is 7.43. The van der Waals surface area contributed by atoms with Gasteiger partial charge in [-0.15, -0.1) is 0 Å². The van der Waals surface area contributed by atoms with E-state index in [1.807, 2.05) is 60.8 Å². The van der Waals surface area contributed by atoms with Crippen LogP contribution < -0.4 is 15.6 Å². The van der Waals surface area contributed by atoms with Crippen LogP contribution in [0.15, 0.2) is 139 Å². The summed E-state index contributed by atoms with van der Waals surface area (Å²) in [6.07, 6.45) is 1.86. The summed E-state index contributed by atoms with van der Waals surface area (Å²) in [4.78, 5) is 28.9. The molecule has 6 aromatic rings. The van der Waals surface area contributed by atoms with Crippen molar-refractivity contribution in [2.45, 2.75) is 11.5 Å². The average molecular weight is 686 g/mol. The third kappa shape index (κ3) is 5.20. The fourth-order valence-electron chi connectivity index (χ4n) is 6.63. The number of rotatable bonds is 6. The van der Waals surface area contributed by atoms with Crippen molar-refractivity contribution in [1.82, 2.24) is 9.78 Å². The molecule has 0 aliphatic carbocycles. The van der Waals surface area contributed by atoms with E-state index >= 15 is 0 Å². The van der Waals surface area contributed by atoms with Crippen LogP contribution in [-0.2, 0) is 15.1 Å². The van der Waals surface area contributed by atoms with Gasteiger partial charge in [-0.3, -0.25) is 9.59 Å². The molecule has 11 heteroatoms. The predicted octanol–water partition coefficient (Wildman–Crippen LogP) is 8.00. The number of anilines is 3. The first-order chi connectivity index (χ1) is 23.8. The maximum absolute atomic E-state index is 14.4. The molecule has 2 aliphatic rings. The van der Waals surface area contributed by atoms with Gasteiger partial charge in [0.1, 0.15) is 11.5 Å². The third-order valence-electron chi connectivity index (χ3n) is 8.75. The van der Waals surface area contributed by atoms with Crippen molar-refractivity contribution < 1.29 is 14.7 Å². The second-order valence-electron chi connectivity index (χ2n) is 11.7. The van der Waals surface area contributed by atoms with Gasteiger partial charge in [0.05, 0.1) is 23.0 Å². The van der Waals surface area contributed by atoms with E-state index in [1.54, 1.807) is 76.4 Å². The molecule has 2 atom stereocenters. The van der Waals surface area contributed by atoms with Crippen LogP contribution in [0.25, 0.3) is 16.9 Å². The van der Waals surface area contributed by atoms with Gasteiger partial charge in [-0.05, 0) is 78.4 Å². The molecule has 0 radical (unpaired) electrons. The van der Waals surface area contributed by atoms with Gasteiger partial charge in [-0.2, -0.15) is 10.2 Å². The minimum absolute atomic E-state index is 0.0196. The summed E-state index contributed by atoms with van der Waals surface area (Å²) in [6.45, 7) is 0. The zero-order valence-electron chi connectivity index (χ0n) is 25.6. The van der Waals surface area contributed by atoms with Crippen LogP contribution in [0.3, 0.4) is 0 Å². The van der Waals surface area contributed by atoms with Gasteiger partial charge in [0.25, 0.3) is 11.8 Å². The van der Waals surface area contributed by atoms with Crippen LogP contribution in [0.1, 0.15) is 17.0 Å². The summed E-state index contributed by atoms with van der Waals surface area (Å²) in [7, 11) is 0. The highest BCUT2D eigenvalue weighted by Gasteiger charge is 2.63. The minimum atomic E-state index is -1.56. The summed E-state index contributed by atoms with van der Waals surface area (Å²) in [5.41, 5.74) is 3.67. The van der Waals surface area contributed by atoms with Crippen molar-refractivity contribution in [2.24, 2.45) is 5.10 Å². The number of carbonyl (C=O) groups excluding carboxylic acids is 2. The summed E-state index contributed by atoms with van der Waals surface area (Å²) in [5, 5.41) is 28.7. The molecular formula is C38H26Cl2N6O3. The second-order valence-corrected chi connectivity index (χ2v) is 12.6. The van der Waals surface area contributed by atoms with Gasteiger partial charge < -0.3 is 15.7 Å². The minimum Gasteiger partial charge on any atom is -0.508 e. The molecule has 5 aromatic carbocycles. The van der Waals surface area contributed by atoms with E-state index in [1.165, 1.54) is 6.07 Å². The Bertz CT molecular complexity index is 2290. The number of aromatic nitrogens is 2. The molecule has 3 N–H and O–H groups in total. The number of halogens is 2. The molecule has 0 saturated heterocycles. The lowest BCUT2D eigenvalue weighted by Crippen LogP contribution is -2.51. The van der Waals surface area contributed by atoms with Crippen molar-refractivity contribution in [3.63, 3.8) is 0 Å². The highest BCUT2D eigenvalue weighted by atomic mass is 35.5. The lowest BCUT2D eigenvalue weighted by molar-refractivity contribution is -0.120. The first-order valence-corrected chi connectivity index (χ1v) is 16.1. The molecule has 0 fully saturated rings. The molecule has 9 nitrogen and oxygen atoms in total.